The number of amides is 1. The summed E-state index contributed by atoms with van der Waals surface area (Å²) in [6.45, 7) is 1.27. The summed E-state index contributed by atoms with van der Waals surface area (Å²) in [4.78, 5) is 14.2. The summed E-state index contributed by atoms with van der Waals surface area (Å²) >= 11 is 0. The van der Waals surface area contributed by atoms with Gasteiger partial charge in [-0.1, -0.05) is 18.2 Å². The number of carbonyl (C=O) groups excluding carboxylic acids is 1. The molecule has 0 N–H and O–H groups in total. The monoisotopic (exact) mass is 272 g/mol. The van der Waals surface area contributed by atoms with Crippen LogP contribution in [0.25, 0.3) is 0 Å². The second-order valence-electron chi connectivity index (χ2n) is 5.26. The van der Waals surface area contributed by atoms with Crippen LogP contribution in [0.3, 0.4) is 0 Å². The first-order valence-electron chi connectivity index (χ1n) is 6.82. The zero-order chi connectivity index (χ0) is 14.1. The largest absolute Gasteiger partial charge is 0.347 e. The van der Waals surface area contributed by atoms with Crippen LogP contribution < -0.4 is 0 Å². The predicted molar refractivity (Wildman–Crippen MR) is 75.1 cm³/mol. The summed E-state index contributed by atoms with van der Waals surface area (Å²) in [6.07, 6.45) is 2.68. The number of likely N-dealkylation sites (tertiary alicyclic amines) is 1. The average Bonchev–Trinajstić information content (AvgIpc) is 3.07. The van der Waals surface area contributed by atoms with Gasteiger partial charge < -0.3 is 9.47 Å². The van der Waals surface area contributed by atoms with Gasteiger partial charge in [-0.05, 0) is 30.2 Å². The first-order valence-corrected chi connectivity index (χ1v) is 6.82. The zero-order valence-corrected chi connectivity index (χ0v) is 11.4. The standard InChI is InChI=1S/C16H17FN2O/c1-18-9-4-7-15(18)16(20)19-10-8-12(11-19)13-5-2-3-6-14(13)17/h2-7,9,12H,8,10-11H2,1H3/t12-/m0/s1. The van der Waals surface area contributed by atoms with Crippen molar-refractivity contribution in [2.75, 3.05) is 13.1 Å². The molecule has 1 aromatic carbocycles. The molecule has 20 heavy (non-hydrogen) atoms. The first kappa shape index (κ1) is 12.9. The molecule has 3 nitrogen and oxygen atoms in total. The summed E-state index contributed by atoms with van der Waals surface area (Å²) in [6, 6.07) is 10.5. The number of halogens is 1. The van der Waals surface area contributed by atoms with Crippen LogP contribution in [-0.4, -0.2) is 28.5 Å². The highest BCUT2D eigenvalue weighted by Gasteiger charge is 2.30. The molecule has 0 spiro atoms. The number of rotatable bonds is 2. The molecule has 104 valence electrons. The molecule has 1 amide bonds. The van der Waals surface area contributed by atoms with Gasteiger partial charge in [0.2, 0.25) is 0 Å². The van der Waals surface area contributed by atoms with Gasteiger partial charge in [-0.3, -0.25) is 4.79 Å². The van der Waals surface area contributed by atoms with E-state index in [2.05, 4.69) is 0 Å². The van der Waals surface area contributed by atoms with E-state index in [0.29, 0.717) is 18.8 Å². The molecule has 0 radical (unpaired) electrons. The molecule has 1 saturated heterocycles. The minimum absolute atomic E-state index is 0.0244. The lowest BCUT2D eigenvalue weighted by Crippen LogP contribution is -2.29. The van der Waals surface area contributed by atoms with Crippen LogP contribution in [0.1, 0.15) is 28.4 Å². The van der Waals surface area contributed by atoms with Crippen molar-refractivity contribution < 1.29 is 9.18 Å². The second-order valence-corrected chi connectivity index (χ2v) is 5.26. The van der Waals surface area contributed by atoms with Gasteiger partial charge in [0.15, 0.2) is 0 Å². The zero-order valence-electron chi connectivity index (χ0n) is 11.4. The maximum absolute atomic E-state index is 13.8. The summed E-state index contributed by atoms with van der Waals surface area (Å²) in [5.74, 6) is -0.0533. The van der Waals surface area contributed by atoms with Crippen LogP contribution in [0.4, 0.5) is 4.39 Å². The summed E-state index contributed by atoms with van der Waals surface area (Å²) in [5.41, 5.74) is 1.40. The second kappa shape index (κ2) is 5.12. The van der Waals surface area contributed by atoms with Gasteiger partial charge in [0.1, 0.15) is 11.5 Å². The van der Waals surface area contributed by atoms with Gasteiger partial charge in [-0.25, -0.2) is 4.39 Å². The average molecular weight is 272 g/mol. The molecule has 1 aliphatic rings. The Kier molecular flexibility index (Phi) is 3.30. The molecule has 0 saturated carbocycles. The molecule has 1 fully saturated rings. The third-order valence-electron chi connectivity index (χ3n) is 3.98. The molecule has 1 atom stereocenters. The topological polar surface area (TPSA) is 25.2 Å². The molecule has 2 heterocycles. The Hall–Kier alpha value is -2.10. The fourth-order valence-corrected chi connectivity index (χ4v) is 2.85. The van der Waals surface area contributed by atoms with Crippen LogP contribution >= 0.6 is 0 Å². The van der Waals surface area contributed by atoms with Gasteiger partial charge >= 0.3 is 0 Å². The summed E-state index contributed by atoms with van der Waals surface area (Å²) in [5, 5.41) is 0. The molecule has 4 heteroatoms. The number of aryl methyl sites for hydroxylation is 1. The Bertz CT molecular complexity index is 635. The van der Waals surface area contributed by atoms with Crippen molar-refractivity contribution in [3.8, 4) is 0 Å². The van der Waals surface area contributed by atoms with E-state index in [9.17, 15) is 9.18 Å². The Morgan fingerprint density at radius 3 is 2.75 bits per heavy atom. The molecule has 2 aromatic rings. The molecule has 3 rings (SSSR count). The lowest BCUT2D eigenvalue weighted by atomic mass is 9.98. The van der Waals surface area contributed by atoms with Gasteiger partial charge in [0.05, 0.1) is 0 Å². The van der Waals surface area contributed by atoms with E-state index in [-0.39, 0.29) is 17.6 Å². The van der Waals surface area contributed by atoms with E-state index in [0.717, 1.165) is 12.0 Å². The Morgan fingerprint density at radius 2 is 2.05 bits per heavy atom. The smallest absolute Gasteiger partial charge is 0.270 e. The van der Waals surface area contributed by atoms with Crippen molar-refractivity contribution in [2.24, 2.45) is 7.05 Å². The van der Waals surface area contributed by atoms with Crippen molar-refractivity contribution in [1.29, 1.82) is 0 Å². The summed E-state index contributed by atoms with van der Waals surface area (Å²) < 4.78 is 15.6. The fourth-order valence-electron chi connectivity index (χ4n) is 2.85. The van der Waals surface area contributed by atoms with Crippen LogP contribution in [0, 0.1) is 5.82 Å². The maximum Gasteiger partial charge on any atom is 0.270 e. The lowest BCUT2D eigenvalue weighted by molar-refractivity contribution is 0.0781. The SMILES string of the molecule is Cn1cccc1C(=O)N1CC[C@H](c2ccccc2F)C1. The highest BCUT2D eigenvalue weighted by atomic mass is 19.1. The number of hydrogen-bond acceptors (Lipinski definition) is 1. The van der Waals surface area contributed by atoms with Crippen molar-refractivity contribution in [2.45, 2.75) is 12.3 Å². The normalized spacial score (nSPS) is 18.5. The van der Waals surface area contributed by atoms with E-state index in [1.807, 2.05) is 47.0 Å². The lowest BCUT2D eigenvalue weighted by Gasteiger charge is -2.17. The summed E-state index contributed by atoms with van der Waals surface area (Å²) in [7, 11) is 1.86. The Balaban J connectivity index is 1.76. The number of hydrogen-bond donors (Lipinski definition) is 0. The molecular formula is C16H17FN2O. The molecule has 0 aliphatic carbocycles. The highest BCUT2D eigenvalue weighted by Crippen LogP contribution is 2.29. The fraction of sp³-hybridized carbons (Fsp3) is 0.312. The van der Waals surface area contributed by atoms with Gasteiger partial charge in [-0.15, -0.1) is 0 Å². The Labute approximate surface area is 117 Å². The predicted octanol–water partition coefficient (Wildman–Crippen LogP) is 2.79. The van der Waals surface area contributed by atoms with Gasteiger partial charge in [-0.2, -0.15) is 0 Å². The number of benzene rings is 1. The molecule has 0 bridgehead atoms. The molecular weight excluding hydrogens is 255 g/mol. The van der Waals surface area contributed by atoms with E-state index >= 15 is 0 Å². The van der Waals surface area contributed by atoms with Crippen LogP contribution in [0.2, 0.25) is 0 Å². The first-order chi connectivity index (χ1) is 9.66. The highest BCUT2D eigenvalue weighted by molar-refractivity contribution is 5.93. The van der Waals surface area contributed by atoms with E-state index in [4.69, 9.17) is 0 Å². The molecule has 1 aromatic heterocycles. The van der Waals surface area contributed by atoms with Crippen molar-refractivity contribution in [3.05, 3.63) is 59.7 Å². The van der Waals surface area contributed by atoms with E-state index in [1.54, 1.807) is 6.07 Å². The third kappa shape index (κ3) is 2.22. The van der Waals surface area contributed by atoms with Crippen LogP contribution in [-0.2, 0) is 7.05 Å². The number of carbonyl (C=O) groups is 1. The van der Waals surface area contributed by atoms with Gasteiger partial charge in [0.25, 0.3) is 5.91 Å². The maximum atomic E-state index is 13.8. The number of aromatic nitrogens is 1. The Morgan fingerprint density at radius 1 is 1.25 bits per heavy atom. The van der Waals surface area contributed by atoms with Crippen LogP contribution in [0.5, 0.6) is 0 Å². The number of nitrogens with zero attached hydrogens (tertiary/aromatic N) is 2. The van der Waals surface area contributed by atoms with Crippen LogP contribution in [0.15, 0.2) is 42.6 Å². The van der Waals surface area contributed by atoms with Gasteiger partial charge in [0, 0.05) is 32.3 Å². The minimum Gasteiger partial charge on any atom is -0.347 e. The van der Waals surface area contributed by atoms with Crippen molar-refractivity contribution in [1.82, 2.24) is 9.47 Å². The van der Waals surface area contributed by atoms with Crippen molar-refractivity contribution in [3.63, 3.8) is 0 Å². The van der Waals surface area contributed by atoms with E-state index in [1.165, 1.54) is 6.07 Å². The molecule has 0 unspecified atom stereocenters. The third-order valence-corrected chi connectivity index (χ3v) is 3.98. The minimum atomic E-state index is -0.175. The quantitative estimate of drug-likeness (QED) is 0.825. The van der Waals surface area contributed by atoms with Crippen molar-refractivity contribution >= 4 is 5.91 Å². The molecule has 1 aliphatic heterocycles. The van der Waals surface area contributed by atoms with E-state index < -0.39 is 0 Å².